The number of thiophene rings is 1. The number of rotatable bonds is 5. The highest BCUT2D eigenvalue weighted by molar-refractivity contribution is 7.12. The van der Waals surface area contributed by atoms with Gasteiger partial charge in [0.25, 0.3) is 0 Å². The molecule has 2 fully saturated rings. The Bertz CT molecular complexity index is 466. The Hall–Kier alpha value is -0.870. The lowest BCUT2D eigenvalue weighted by Gasteiger charge is -2.32. The number of carbonyl (C=O) groups is 1. The van der Waals surface area contributed by atoms with Gasteiger partial charge in [-0.25, -0.2) is 0 Å². The Labute approximate surface area is 119 Å². The van der Waals surface area contributed by atoms with Crippen LogP contribution in [0, 0.1) is 12.8 Å². The molecule has 2 heterocycles. The molecule has 1 N–H and O–H groups in total. The number of carbonyl (C=O) groups excluding carboxylic acids is 1. The van der Waals surface area contributed by atoms with E-state index in [1.165, 1.54) is 29.0 Å². The molecule has 0 radical (unpaired) electrons. The van der Waals surface area contributed by atoms with Crippen molar-refractivity contribution >= 4 is 17.2 Å². The summed E-state index contributed by atoms with van der Waals surface area (Å²) in [6.45, 7) is 4.81. The van der Waals surface area contributed by atoms with Crippen LogP contribution in [0.15, 0.2) is 12.1 Å². The second-order valence-electron chi connectivity index (χ2n) is 5.77. The van der Waals surface area contributed by atoms with Crippen LogP contribution in [0.5, 0.6) is 0 Å². The van der Waals surface area contributed by atoms with Gasteiger partial charge in [0.2, 0.25) is 5.91 Å². The van der Waals surface area contributed by atoms with Gasteiger partial charge >= 0.3 is 0 Å². The summed E-state index contributed by atoms with van der Waals surface area (Å²) >= 11 is 1.80. The minimum atomic E-state index is 0.106. The van der Waals surface area contributed by atoms with Crippen molar-refractivity contribution in [3.05, 3.63) is 21.9 Å². The highest BCUT2D eigenvalue weighted by Gasteiger charge is 2.38. The van der Waals surface area contributed by atoms with Crippen LogP contribution in [0.3, 0.4) is 0 Å². The molecule has 1 aromatic rings. The Morgan fingerprint density at radius 1 is 1.47 bits per heavy atom. The fourth-order valence-corrected chi connectivity index (χ4v) is 3.94. The van der Waals surface area contributed by atoms with Gasteiger partial charge in [-0.15, -0.1) is 11.3 Å². The van der Waals surface area contributed by atoms with Crippen molar-refractivity contribution in [1.82, 2.24) is 10.2 Å². The highest BCUT2D eigenvalue weighted by atomic mass is 32.1. The third-order valence-corrected chi connectivity index (χ3v) is 5.26. The zero-order valence-corrected chi connectivity index (χ0v) is 12.5. The zero-order chi connectivity index (χ0) is 13.4. The molecule has 1 amide bonds. The number of hydrogen-bond acceptors (Lipinski definition) is 3. The third kappa shape index (κ3) is 2.70. The molecule has 0 bridgehead atoms. The van der Waals surface area contributed by atoms with E-state index in [9.17, 15) is 4.79 Å². The molecule has 1 aromatic heterocycles. The first-order valence-electron chi connectivity index (χ1n) is 7.30. The summed E-state index contributed by atoms with van der Waals surface area (Å²) in [5, 5.41) is 3.38. The monoisotopic (exact) mass is 278 g/mol. The van der Waals surface area contributed by atoms with E-state index in [1.54, 1.807) is 11.3 Å². The summed E-state index contributed by atoms with van der Waals surface area (Å²) in [6, 6.07) is 4.71. The first-order valence-corrected chi connectivity index (χ1v) is 8.11. The molecule has 2 atom stereocenters. The number of nitrogens with one attached hydrogen (secondary N) is 1. The summed E-state index contributed by atoms with van der Waals surface area (Å²) in [5.41, 5.74) is 0. The van der Waals surface area contributed by atoms with Crippen LogP contribution >= 0.6 is 11.3 Å². The van der Waals surface area contributed by atoms with Crippen LogP contribution < -0.4 is 5.32 Å². The van der Waals surface area contributed by atoms with E-state index in [2.05, 4.69) is 36.2 Å². The van der Waals surface area contributed by atoms with Crippen molar-refractivity contribution in [2.75, 3.05) is 6.54 Å². The van der Waals surface area contributed by atoms with Gasteiger partial charge in [0.15, 0.2) is 0 Å². The molecule has 0 aromatic carbocycles. The van der Waals surface area contributed by atoms with Gasteiger partial charge in [-0.3, -0.25) is 10.1 Å². The molecule has 3 rings (SSSR count). The molecule has 104 valence electrons. The fourth-order valence-electron chi connectivity index (χ4n) is 2.99. The normalized spacial score (nSPS) is 25.1. The van der Waals surface area contributed by atoms with E-state index in [1.807, 2.05) is 0 Å². The van der Waals surface area contributed by atoms with Crippen LogP contribution in [0.1, 0.15) is 48.5 Å². The van der Waals surface area contributed by atoms with Gasteiger partial charge in [-0.2, -0.15) is 0 Å². The van der Waals surface area contributed by atoms with E-state index >= 15 is 0 Å². The maximum Gasteiger partial charge on any atom is 0.238 e. The number of nitrogens with zero attached hydrogens (tertiary/aromatic N) is 1. The van der Waals surface area contributed by atoms with E-state index in [4.69, 9.17) is 0 Å². The minimum Gasteiger partial charge on any atom is -0.318 e. The summed E-state index contributed by atoms with van der Waals surface area (Å²) in [5.74, 6) is 1.13. The van der Waals surface area contributed by atoms with Crippen LogP contribution in [0.2, 0.25) is 0 Å². The highest BCUT2D eigenvalue weighted by Crippen LogP contribution is 2.38. The number of amides is 1. The van der Waals surface area contributed by atoms with Crippen LogP contribution in [-0.2, 0) is 4.79 Å². The predicted octanol–water partition coefficient (Wildman–Crippen LogP) is 3.07. The van der Waals surface area contributed by atoms with Crippen LogP contribution in [-0.4, -0.2) is 23.4 Å². The van der Waals surface area contributed by atoms with Crippen molar-refractivity contribution in [2.24, 2.45) is 5.92 Å². The predicted molar refractivity (Wildman–Crippen MR) is 78.1 cm³/mol. The summed E-state index contributed by atoms with van der Waals surface area (Å²) in [7, 11) is 0. The topological polar surface area (TPSA) is 32.3 Å². The average Bonchev–Trinajstić information content (AvgIpc) is 2.99. The third-order valence-electron chi connectivity index (χ3n) is 4.21. The van der Waals surface area contributed by atoms with Gasteiger partial charge in [0, 0.05) is 15.8 Å². The molecule has 0 spiro atoms. The van der Waals surface area contributed by atoms with Crippen molar-refractivity contribution in [1.29, 1.82) is 0 Å². The standard InChI is InChI=1S/C15H22N2OS/c1-3-12(8-11-5-6-11)17-14(18)9-16-15(17)13-7-4-10(2)19-13/h4,7,11-12,15-16H,3,5-6,8-9H2,1-2H3. The Kier molecular flexibility index (Phi) is 3.63. The van der Waals surface area contributed by atoms with Gasteiger partial charge < -0.3 is 4.90 Å². The van der Waals surface area contributed by atoms with Crippen molar-refractivity contribution in [2.45, 2.75) is 51.7 Å². The molecular formula is C15H22N2OS. The Morgan fingerprint density at radius 3 is 2.84 bits per heavy atom. The van der Waals surface area contributed by atoms with E-state index in [-0.39, 0.29) is 12.1 Å². The molecule has 4 heteroatoms. The van der Waals surface area contributed by atoms with E-state index in [0.29, 0.717) is 12.6 Å². The van der Waals surface area contributed by atoms with Crippen LogP contribution in [0.25, 0.3) is 0 Å². The van der Waals surface area contributed by atoms with Gasteiger partial charge in [-0.05, 0) is 37.8 Å². The van der Waals surface area contributed by atoms with E-state index in [0.717, 1.165) is 12.3 Å². The minimum absolute atomic E-state index is 0.106. The average molecular weight is 278 g/mol. The molecular weight excluding hydrogens is 256 g/mol. The lowest BCUT2D eigenvalue weighted by Crippen LogP contribution is -2.39. The van der Waals surface area contributed by atoms with E-state index < -0.39 is 0 Å². The molecule has 1 aliphatic heterocycles. The maximum absolute atomic E-state index is 12.2. The molecule has 19 heavy (non-hydrogen) atoms. The van der Waals surface area contributed by atoms with Crippen LogP contribution in [0.4, 0.5) is 0 Å². The Balaban J connectivity index is 1.80. The van der Waals surface area contributed by atoms with Crippen molar-refractivity contribution in [3.63, 3.8) is 0 Å². The number of aryl methyl sites for hydroxylation is 1. The largest absolute Gasteiger partial charge is 0.318 e. The quantitative estimate of drug-likeness (QED) is 0.898. The van der Waals surface area contributed by atoms with Gasteiger partial charge in [-0.1, -0.05) is 19.8 Å². The molecule has 1 saturated carbocycles. The SMILES string of the molecule is CCC(CC1CC1)N1C(=O)CNC1c1ccc(C)s1. The van der Waals surface area contributed by atoms with Gasteiger partial charge in [0.05, 0.1) is 6.54 Å². The number of hydrogen-bond donors (Lipinski definition) is 1. The molecule has 1 aliphatic carbocycles. The summed E-state index contributed by atoms with van der Waals surface area (Å²) in [4.78, 5) is 16.9. The zero-order valence-electron chi connectivity index (χ0n) is 11.7. The first kappa shape index (κ1) is 13.1. The van der Waals surface area contributed by atoms with Gasteiger partial charge in [0.1, 0.15) is 6.17 Å². The van der Waals surface area contributed by atoms with Crippen molar-refractivity contribution in [3.8, 4) is 0 Å². The maximum atomic E-state index is 12.2. The first-order chi connectivity index (χ1) is 9.19. The van der Waals surface area contributed by atoms with Crippen molar-refractivity contribution < 1.29 is 4.79 Å². The second kappa shape index (κ2) is 5.25. The molecule has 2 unspecified atom stereocenters. The molecule has 3 nitrogen and oxygen atoms in total. The second-order valence-corrected chi connectivity index (χ2v) is 7.09. The molecule has 1 saturated heterocycles. The summed E-state index contributed by atoms with van der Waals surface area (Å²) in [6.07, 6.45) is 5.06. The summed E-state index contributed by atoms with van der Waals surface area (Å²) < 4.78 is 0. The Morgan fingerprint density at radius 2 is 2.26 bits per heavy atom. The molecule has 2 aliphatic rings. The lowest BCUT2D eigenvalue weighted by molar-refractivity contribution is -0.130. The lowest BCUT2D eigenvalue weighted by atomic mass is 10.1. The fraction of sp³-hybridized carbons (Fsp3) is 0.667. The smallest absolute Gasteiger partial charge is 0.238 e.